The fourth-order valence-corrected chi connectivity index (χ4v) is 2.09. The zero-order valence-corrected chi connectivity index (χ0v) is 10.7. The van der Waals surface area contributed by atoms with Crippen molar-refractivity contribution in [2.45, 2.75) is 19.4 Å². The van der Waals surface area contributed by atoms with Gasteiger partial charge in [-0.3, -0.25) is 4.79 Å². The van der Waals surface area contributed by atoms with Gasteiger partial charge in [0, 0.05) is 24.8 Å². The van der Waals surface area contributed by atoms with Crippen molar-refractivity contribution in [3.63, 3.8) is 0 Å². The molecule has 0 aromatic heterocycles. The van der Waals surface area contributed by atoms with E-state index in [2.05, 4.69) is 17.6 Å². The Morgan fingerprint density at radius 2 is 2.17 bits per heavy atom. The molecule has 4 heteroatoms. The van der Waals surface area contributed by atoms with Crippen LogP contribution in [0.25, 0.3) is 0 Å². The molecule has 1 saturated heterocycles. The number of nitrogens with one attached hydrogen (secondary N) is 2. The molecule has 1 aliphatic rings. The normalized spacial score (nSPS) is 22.7. The number of ether oxygens (including phenoxy) is 1. The van der Waals surface area contributed by atoms with Gasteiger partial charge in [-0.15, -0.1) is 0 Å². The number of para-hydroxylation sites is 1. The maximum absolute atomic E-state index is 11.7. The summed E-state index contributed by atoms with van der Waals surface area (Å²) >= 11 is 0. The number of benzene rings is 1. The van der Waals surface area contributed by atoms with Crippen LogP contribution in [0.5, 0.6) is 0 Å². The second kappa shape index (κ2) is 6.40. The maximum atomic E-state index is 11.7. The highest BCUT2D eigenvalue weighted by Gasteiger charge is 2.24. The van der Waals surface area contributed by atoms with Gasteiger partial charge in [0.05, 0.1) is 12.6 Å². The molecule has 2 rings (SSSR count). The standard InChI is InChI=1S/C14H20N2O2/c1-11-12(7-8-18-11)9-16-14(17)10-15-13-5-3-2-4-6-13/h2-6,11-12,15H,7-10H2,1H3,(H,16,17). The van der Waals surface area contributed by atoms with Crippen LogP contribution in [0.1, 0.15) is 13.3 Å². The van der Waals surface area contributed by atoms with Crippen LogP contribution in [0.15, 0.2) is 30.3 Å². The first kappa shape index (κ1) is 12.9. The highest BCUT2D eigenvalue weighted by atomic mass is 16.5. The van der Waals surface area contributed by atoms with Gasteiger partial charge in [0.1, 0.15) is 0 Å². The Bertz CT molecular complexity index is 381. The van der Waals surface area contributed by atoms with Crippen LogP contribution in [-0.2, 0) is 9.53 Å². The van der Waals surface area contributed by atoms with Crippen molar-refractivity contribution in [3.05, 3.63) is 30.3 Å². The van der Waals surface area contributed by atoms with Gasteiger partial charge >= 0.3 is 0 Å². The van der Waals surface area contributed by atoms with Crippen molar-refractivity contribution in [2.24, 2.45) is 5.92 Å². The summed E-state index contributed by atoms with van der Waals surface area (Å²) in [4.78, 5) is 11.7. The number of rotatable bonds is 5. The van der Waals surface area contributed by atoms with E-state index in [4.69, 9.17) is 4.74 Å². The van der Waals surface area contributed by atoms with Gasteiger partial charge in [0.25, 0.3) is 0 Å². The average molecular weight is 248 g/mol. The zero-order chi connectivity index (χ0) is 12.8. The molecule has 1 aliphatic heterocycles. The lowest BCUT2D eigenvalue weighted by atomic mass is 10.0. The van der Waals surface area contributed by atoms with Crippen LogP contribution >= 0.6 is 0 Å². The molecule has 0 bridgehead atoms. The van der Waals surface area contributed by atoms with E-state index in [1.54, 1.807) is 0 Å². The van der Waals surface area contributed by atoms with E-state index in [0.717, 1.165) is 18.7 Å². The number of amides is 1. The van der Waals surface area contributed by atoms with Crippen molar-refractivity contribution in [1.29, 1.82) is 0 Å². The third-order valence-corrected chi connectivity index (χ3v) is 3.32. The molecule has 0 spiro atoms. The first-order valence-electron chi connectivity index (χ1n) is 6.43. The summed E-state index contributed by atoms with van der Waals surface area (Å²) in [6.45, 7) is 3.89. The van der Waals surface area contributed by atoms with Crippen molar-refractivity contribution < 1.29 is 9.53 Å². The lowest BCUT2D eigenvalue weighted by Gasteiger charge is -2.15. The lowest BCUT2D eigenvalue weighted by molar-refractivity contribution is -0.119. The fraction of sp³-hybridized carbons (Fsp3) is 0.500. The van der Waals surface area contributed by atoms with E-state index >= 15 is 0 Å². The summed E-state index contributed by atoms with van der Waals surface area (Å²) in [6.07, 6.45) is 1.29. The summed E-state index contributed by atoms with van der Waals surface area (Å²) in [6, 6.07) is 9.72. The van der Waals surface area contributed by atoms with E-state index in [1.165, 1.54) is 0 Å². The van der Waals surface area contributed by atoms with Gasteiger partial charge < -0.3 is 15.4 Å². The van der Waals surface area contributed by atoms with Gasteiger partial charge in [0.2, 0.25) is 5.91 Å². The first-order valence-corrected chi connectivity index (χ1v) is 6.43. The molecule has 0 aliphatic carbocycles. The fourth-order valence-electron chi connectivity index (χ4n) is 2.09. The van der Waals surface area contributed by atoms with Crippen molar-refractivity contribution in [1.82, 2.24) is 5.32 Å². The molecule has 1 fully saturated rings. The Kier molecular flexibility index (Phi) is 4.59. The number of anilines is 1. The van der Waals surface area contributed by atoms with Crippen LogP contribution in [0.2, 0.25) is 0 Å². The van der Waals surface area contributed by atoms with Crippen molar-refractivity contribution in [3.8, 4) is 0 Å². The molecule has 0 radical (unpaired) electrons. The second-order valence-electron chi connectivity index (χ2n) is 4.65. The molecule has 2 N–H and O–H groups in total. The largest absolute Gasteiger partial charge is 0.378 e. The van der Waals surface area contributed by atoms with Crippen LogP contribution in [0, 0.1) is 5.92 Å². The van der Waals surface area contributed by atoms with Gasteiger partial charge in [-0.2, -0.15) is 0 Å². The minimum Gasteiger partial charge on any atom is -0.378 e. The molecule has 1 aromatic rings. The summed E-state index contributed by atoms with van der Waals surface area (Å²) in [7, 11) is 0. The minimum absolute atomic E-state index is 0.0259. The van der Waals surface area contributed by atoms with Crippen LogP contribution < -0.4 is 10.6 Å². The van der Waals surface area contributed by atoms with Gasteiger partial charge in [-0.1, -0.05) is 18.2 Å². The van der Waals surface area contributed by atoms with Crippen LogP contribution in [0.4, 0.5) is 5.69 Å². The minimum atomic E-state index is 0.0259. The Morgan fingerprint density at radius 1 is 1.39 bits per heavy atom. The quantitative estimate of drug-likeness (QED) is 0.833. The number of carbonyl (C=O) groups excluding carboxylic acids is 1. The molecule has 1 aromatic carbocycles. The summed E-state index contributed by atoms with van der Waals surface area (Å²) in [5.41, 5.74) is 0.963. The lowest BCUT2D eigenvalue weighted by Crippen LogP contribution is -2.35. The summed E-state index contributed by atoms with van der Waals surface area (Å²) in [5, 5.41) is 6.03. The molecule has 98 valence electrons. The van der Waals surface area contributed by atoms with E-state index in [0.29, 0.717) is 19.0 Å². The third kappa shape index (κ3) is 3.74. The highest BCUT2D eigenvalue weighted by molar-refractivity contribution is 5.80. The molecule has 2 unspecified atom stereocenters. The molecule has 4 nitrogen and oxygen atoms in total. The molecule has 1 heterocycles. The monoisotopic (exact) mass is 248 g/mol. The smallest absolute Gasteiger partial charge is 0.239 e. The molecule has 18 heavy (non-hydrogen) atoms. The average Bonchev–Trinajstić information content (AvgIpc) is 2.81. The predicted octanol–water partition coefficient (Wildman–Crippen LogP) is 1.64. The Hall–Kier alpha value is -1.55. The Labute approximate surface area is 108 Å². The van der Waals surface area contributed by atoms with E-state index < -0.39 is 0 Å². The zero-order valence-electron chi connectivity index (χ0n) is 10.7. The molecular formula is C14H20N2O2. The number of carbonyl (C=O) groups is 1. The third-order valence-electron chi connectivity index (χ3n) is 3.32. The van der Waals surface area contributed by atoms with Crippen LogP contribution in [0.3, 0.4) is 0 Å². The van der Waals surface area contributed by atoms with Gasteiger partial charge in [0.15, 0.2) is 0 Å². The molecular weight excluding hydrogens is 228 g/mol. The SMILES string of the molecule is CC1OCCC1CNC(=O)CNc1ccccc1. The van der Waals surface area contributed by atoms with Crippen LogP contribution in [-0.4, -0.2) is 31.7 Å². The second-order valence-corrected chi connectivity index (χ2v) is 4.65. The Balaban J connectivity index is 1.66. The predicted molar refractivity (Wildman–Crippen MR) is 71.5 cm³/mol. The van der Waals surface area contributed by atoms with E-state index in [9.17, 15) is 4.79 Å². The molecule has 1 amide bonds. The van der Waals surface area contributed by atoms with Gasteiger partial charge in [-0.05, 0) is 25.5 Å². The highest BCUT2D eigenvalue weighted by Crippen LogP contribution is 2.19. The number of hydrogen-bond acceptors (Lipinski definition) is 3. The topological polar surface area (TPSA) is 50.4 Å². The van der Waals surface area contributed by atoms with Gasteiger partial charge in [-0.25, -0.2) is 0 Å². The van der Waals surface area contributed by atoms with E-state index in [-0.39, 0.29) is 12.0 Å². The van der Waals surface area contributed by atoms with Crippen molar-refractivity contribution >= 4 is 11.6 Å². The first-order chi connectivity index (χ1) is 8.75. The van der Waals surface area contributed by atoms with Crippen molar-refractivity contribution in [2.75, 3.05) is 25.0 Å². The molecule has 2 atom stereocenters. The number of hydrogen-bond donors (Lipinski definition) is 2. The van der Waals surface area contributed by atoms with E-state index in [1.807, 2.05) is 30.3 Å². The summed E-state index contributed by atoms with van der Waals surface area (Å²) < 4.78 is 5.46. The Morgan fingerprint density at radius 3 is 2.83 bits per heavy atom. The molecule has 0 saturated carbocycles. The maximum Gasteiger partial charge on any atom is 0.239 e. The summed E-state index contributed by atoms with van der Waals surface area (Å²) in [5.74, 6) is 0.476.